The van der Waals surface area contributed by atoms with E-state index in [0.717, 1.165) is 24.1 Å². The molecule has 0 radical (unpaired) electrons. The second-order valence-corrected chi connectivity index (χ2v) is 6.28. The van der Waals surface area contributed by atoms with Gasteiger partial charge in [0.25, 0.3) is 0 Å². The minimum atomic E-state index is 0.184. The van der Waals surface area contributed by atoms with Crippen molar-refractivity contribution in [2.24, 2.45) is 5.92 Å². The molecule has 1 aromatic rings. The first kappa shape index (κ1) is 12.2. The van der Waals surface area contributed by atoms with Crippen LogP contribution in [0, 0.1) is 5.92 Å². The van der Waals surface area contributed by atoms with Crippen LogP contribution < -0.4 is 10.6 Å². The molecule has 2 fully saturated rings. The first-order valence-electron chi connectivity index (χ1n) is 6.44. The molecule has 1 heterocycles. The summed E-state index contributed by atoms with van der Waals surface area (Å²) in [5.41, 5.74) is 1.53. The van der Waals surface area contributed by atoms with Crippen molar-refractivity contribution >= 4 is 21.8 Å². The summed E-state index contributed by atoms with van der Waals surface area (Å²) < 4.78 is 1.11. The summed E-state index contributed by atoms with van der Waals surface area (Å²) in [6.45, 7) is 2.43. The van der Waals surface area contributed by atoms with E-state index < -0.39 is 0 Å². The van der Waals surface area contributed by atoms with Crippen molar-refractivity contribution in [3.63, 3.8) is 0 Å². The third-order valence-corrected chi connectivity index (χ3v) is 4.54. The minimum absolute atomic E-state index is 0.184. The molecule has 96 valence electrons. The average Bonchev–Trinajstić information content (AvgIpc) is 3.05. The molecule has 0 atom stereocenters. The zero-order valence-corrected chi connectivity index (χ0v) is 11.8. The summed E-state index contributed by atoms with van der Waals surface area (Å²) in [5.74, 6) is 0.387. The maximum absolute atomic E-state index is 11.8. The lowest BCUT2D eigenvalue weighted by Gasteiger charge is -2.27. The fraction of sp³-hybridized carbons (Fsp3) is 0.500. The van der Waals surface area contributed by atoms with Gasteiger partial charge in [-0.1, -0.05) is 28.1 Å². The fourth-order valence-corrected chi connectivity index (χ4v) is 2.81. The summed E-state index contributed by atoms with van der Waals surface area (Å²) in [4.78, 5) is 11.8. The molecular formula is C14H17BrN2O. The average molecular weight is 309 g/mol. The monoisotopic (exact) mass is 308 g/mol. The Kier molecular flexibility index (Phi) is 3.16. The Morgan fingerprint density at radius 1 is 1.44 bits per heavy atom. The topological polar surface area (TPSA) is 41.1 Å². The van der Waals surface area contributed by atoms with Crippen molar-refractivity contribution in [1.82, 2.24) is 10.6 Å². The van der Waals surface area contributed by atoms with Gasteiger partial charge in [0.1, 0.15) is 0 Å². The zero-order chi connectivity index (χ0) is 12.6. The van der Waals surface area contributed by atoms with Crippen LogP contribution in [0.4, 0.5) is 0 Å². The van der Waals surface area contributed by atoms with Crippen molar-refractivity contribution in [3.8, 4) is 0 Å². The zero-order valence-electron chi connectivity index (χ0n) is 10.2. The molecule has 1 aliphatic carbocycles. The molecule has 0 spiro atoms. The number of hydrogen-bond donors (Lipinski definition) is 2. The van der Waals surface area contributed by atoms with Crippen molar-refractivity contribution in [1.29, 1.82) is 0 Å². The summed E-state index contributed by atoms with van der Waals surface area (Å²) in [6, 6.07) is 8.44. The van der Waals surface area contributed by atoms with Gasteiger partial charge in [-0.2, -0.15) is 0 Å². The Bertz CT molecular complexity index is 467. The maximum Gasteiger partial charge on any atom is 0.225 e. The number of amides is 1. The first-order valence-corrected chi connectivity index (χ1v) is 7.23. The van der Waals surface area contributed by atoms with Gasteiger partial charge in [-0.3, -0.25) is 4.79 Å². The van der Waals surface area contributed by atoms with Gasteiger partial charge in [-0.15, -0.1) is 0 Å². The fourth-order valence-electron chi connectivity index (χ4n) is 2.41. The van der Waals surface area contributed by atoms with E-state index in [1.165, 1.54) is 18.4 Å². The first-order chi connectivity index (χ1) is 8.70. The number of carbonyl (C=O) groups is 1. The number of benzene rings is 1. The van der Waals surface area contributed by atoms with Gasteiger partial charge in [0.2, 0.25) is 5.91 Å². The number of rotatable bonds is 4. The predicted octanol–water partition coefficient (Wildman–Crippen LogP) is 1.82. The third-order valence-electron chi connectivity index (χ3n) is 4.04. The van der Waals surface area contributed by atoms with Crippen molar-refractivity contribution in [2.45, 2.75) is 18.3 Å². The molecule has 3 rings (SSSR count). The van der Waals surface area contributed by atoms with E-state index in [9.17, 15) is 4.79 Å². The van der Waals surface area contributed by atoms with Crippen LogP contribution in [0.1, 0.15) is 18.4 Å². The lowest BCUT2D eigenvalue weighted by Crippen LogP contribution is -2.51. The Balaban J connectivity index is 1.63. The molecule has 2 N–H and O–H groups in total. The molecule has 2 aliphatic rings. The lowest BCUT2D eigenvalue weighted by molar-refractivity contribution is -0.126. The second kappa shape index (κ2) is 4.67. The number of halogens is 1. The van der Waals surface area contributed by atoms with Crippen LogP contribution in [0.3, 0.4) is 0 Å². The van der Waals surface area contributed by atoms with E-state index in [1.807, 2.05) is 6.07 Å². The van der Waals surface area contributed by atoms with Gasteiger partial charge in [-0.05, 0) is 30.5 Å². The maximum atomic E-state index is 11.8. The van der Waals surface area contributed by atoms with Crippen LogP contribution in [0.25, 0.3) is 0 Å². The van der Waals surface area contributed by atoms with Crippen LogP contribution in [0.5, 0.6) is 0 Å². The number of hydrogen-bond acceptors (Lipinski definition) is 2. The van der Waals surface area contributed by atoms with Gasteiger partial charge in [0, 0.05) is 29.5 Å². The van der Waals surface area contributed by atoms with Gasteiger partial charge >= 0.3 is 0 Å². The molecule has 1 saturated carbocycles. The molecule has 1 amide bonds. The molecule has 1 aromatic carbocycles. The summed E-state index contributed by atoms with van der Waals surface area (Å²) in [7, 11) is 0. The third kappa shape index (κ3) is 2.31. The van der Waals surface area contributed by atoms with Crippen LogP contribution in [0.2, 0.25) is 0 Å². The number of carbonyl (C=O) groups excluding carboxylic acids is 1. The van der Waals surface area contributed by atoms with Crippen molar-refractivity contribution in [2.75, 3.05) is 19.6 Å². The van der Waals surface area contributed by atoms with E-state index in [-0.39, 0.29) is 17.2 Å². The predicted molar refractivity (Wildman–Crippen MR) is 74.4 cm³/mol. The van der Waals surface area contributed by atoms with Gasteiger partial charge in [-0.25, -0.2) is 0 Å². The van der Waals surface area contributed by atoms with Crippen LogP contribution in [-0.2, 0) is 10.2 Å². The highest BCUT2D eigenvalue weighted by Gasteiger charge is 2.44. The van der Waals surface area contributed by atoms with Crippen LogP contribution in [0.15, 0.2) is 28.7 Å². The normalized spacial score (nSPS) is 21.2. The Morgan fingerprint density at radius 2 is 2.22 bits per heavy atom. The van der Waals surface area contributed by atoms with E-state index in [4.69, 9.17) is 0 Å². The van der Waals surface area contributed by atoms with E-state index in [1.54, 1.807) is 0 Å². The quantitative estimate of drug-likeness (QED) is 0.891. The van der Waals surface area contributed by atoms with Crippen molar-refractivity contribution < 1.29 is 4.79 Å². The Hall–Kier alpha value is -0.870. The standard InChI is InChI=1S/C14H17BrN2O/c15-12-3-1-2-11(6-12)14(4-5-14)9-17-13(18)10-7-16-8-10/h1-3,6,10,16H,4-5,7-9H2,(H,17,18). The lowest BCUT2D eigenvalue weighted by atomic mass is 9.95. The smallest absolute Gasteiger partial charge is 0.225 e. The van der Waals surface area contributed by atoms with Gasteiger partial charge in [0.15, 0.2) is 0 Å². The molecule has 1 saturated heterocycles. The summed E-state index contributed by atoms with van der Waals surface area (Å²) in [5, 5.41) is 6.24. The van der Waals surface area contributed by atoms with Crippen LogP contribution >= 0.6 is 15.9 Å². The highest BCUT2D eigenvalue weighted by molar-refractivity contribution is 9.10. The van der Waals surface area contributed by atoms with E-state index in [0.29, 0.717) is 0 Å². The van der Waals surface area contributed by atoms with Crippen LogP contribution in [-0.4, -0.2) is 25.5 Å². The molecule has 0 aromatic heterocycles. The molecule has 0 bridgehead atoms. The molecule has 18 heavy (non-hydrogen) atoms. The second-order valence-electron chi connectivity index (χ2n) is 5.36. The Labute approximate surface area is 115 Å². The summed E-state index contributed by atoms with van der Waals surface area (Å²) in [6.07, 6.45) is 2.35. The molecular weight excluding hydrogens is 292 g/mol. The van der Waals surface area contributed by atoms with E-state index >= 15 is 0 Å². The molecule has 4 heteroatoms. The number of nitrogens with one attached hydrogen (secondary N) is 2. The molecule has 0 unspecified atom stereocenters. The SMILES string of the molecule is O=C(NCC1(c2cccc(Br)c2)CC1)C1CNC1. The minimum Gasteiger partial charge on any atom is -0.355 e. The van der Waals surface area contributed by atoms with Gasteiger partial charge in [0.05, 0.1) is 5.92 Å². The largest absolute Gasteiger partial charge is 0.355 e. The van der Waals surface area contributed by atoms with E-state index in [2.05, 4.69) is 44.8 Å². The van der Waals surface area contributed by atoms with Gasteiger partial charge < -0.3 is 10.6 Å². The molecule has 3 nitrogen and oxygen atoms in total. The highest BCUT2D eigenvalue weighted by Crippen LogP contribution is 2.48. The summed E-state index contributed by atoms with van der Waals surface area (Å²) >= 11 is 3.51. The highest BCUT2D eigenvalue weighted by atomic mass is 79.9. The molecule has 1 aliphatic heterocycles. The Morgan fingerprint density at radius 3 is 2.78 bits per heavy atom. The van der Waals surface area contributed by atoms with Crippen molar-refractivity contribution in [3.05, 3.63) is 34.3 Å².